The van der Waals surface area contributed by atoms with Gasteiger partial charge >= 0.3 is 0 Å². The topological polar surface area (TPSA) is 17.1 Å². The van der Waals surface area contributed by atoms with Crippen LogP contribution >= 0.6 is 22.9 Å². The van der Waals surface area contributed by atoms with E-state index in [1.807, 2.05) is 17.5 Å². The van der Waals surface area contributed by atoms with Gasteiger partial charge in [-0.1, -0.05) is 17.7 Å². The summed E-state index contributed by atoms with van der Waals surface area (Å²) in [5.74, 6) is 0. The van der Waals surface area contributed by atoms with Gasteiger partial charge in [0.2, 0.25) is 0 Å². The molecule has 1 aromatic rings. The standard InChI is InChI=1S/C9H9ClOS/c1-7(6-11)9(10)5-8-3-2-4-12-8/h2-4,6H,5H2,1H3/b9-7+. The molecule has 0 aliphatic rings. The molecule has 64 valence electrons. The highest BCUT2D eigenvalue weighted by molar-refractivity contribution is 7.09. The molecule has 1 nitrogen and oxygen atoms in total. The highest BCUT2D eigenvalue weighted by Gasteiger charge is 2.00. The van der Waals surface area contributed by atoms with Crippen molar-refractivity contribution < 1.29 is 4.79 Å². The second kappa shape index (κ2) is 4.43. The third-order valence-electron chi connectivity index (χ3n) is 1.51. The van der Waals surface area contributed by atoms with Gasteiger partial charge in [0.1, 0.15) is 6.29 Å². The molecule has 0 fully saturated rings. The van der Waals surface area contributed by atoms with Crippen LogP contribution in [-0.2, 0) is 11.2 Å². The van der Waals surface area contributed by atoms with Crippen molar-refractivity contribution in [3.05, 3.63) is 33.0 Å². The van der Waals surface area contributed by atoms with Crippen LogP contribution in [-0.4, -0.2) is 6.29 Å². The highest BCUT2D eigenvalue weighted by Crippen LogP contribution is 2.18. The second-order valence-electron chi connectivity index (χ2n) is 2.46. The van der Waals surface area contributed by atoms with Crippen molar-refractivity contribution in [3.63, 3.8) is 0 Å². The van der Waals surface area contributed by atoms with E-state index in [1.165, 1.54) is 4.88 Å². The Morgan fingerprint density at radius 3 is 3.00 bits per heavy atom. The number of hydrogen-bond donors (Lipinski definition) is 0. The van der Waals surface area contributed by atoms with Crippen LogP contribution in [0.4, 0.5) is 0 Å². The lowest BCUT2D eigenvalue weighted by Gasteiger charge is -1.96. The van der Waals surface area contributed by atoms with E-state index in [4.69, 9.17) is 11.6 Å². The molecule has 0 aliphatic heterocycles. The predicted molar refractivity (Wildman–Crippen MR) is 52.6 cm³/mol. The Balaban J connectivity index is 2.70. The second-order valence-corrected chi connectivity index (χ2v) is 3.95. The van der Waals surface area contributed by atoms with Gasteiger partial charge in [-0.2, -0.15) is 0 Å². The number of thiophene rings is 1. The van der Waals surface area contributed by atoms with Gasteiger partial charge in [0.15, 0.2) is 0 Å². The zero-order valence-electron chi connectivity index (χ0n) is 6.71. The van der Waals surface area contributed by atoms with Crippen molar-refractivity contribution in [2.45, 2.75) is 13.3 Å². The Morgan fingerprint density at radius 1 is 1.75 bits per heavy atom. The molecular weight excluding hydrogens is 192 g/mol. The fourth-order valence-corrected chi connectivity index (χ4v) is 1.75. The van der Waals surface area contributed by atoms with Crippen molar-refractivity contribution in [2.24, 2.45) is 0 Å². The molecule has 1 aromatic heterocycles. The molecule has 0 bridgehead atoms. The summed E-state index contributed by atoms with van der Waals surface area (Å²) in [6.07, 6.45) is 1.46. The molecule has 0 radical (unpaired) electrons. The SMILES string of the molecule is C/C(C=O)=C(\Cl)Cc1cccs1. The maximum atomic E-state index is 10.3. The number of halogens is 1. The van der Waals surface area contributed by atoms with Crippen molar-refractivity contribution >= 4 is 29.2 Å². The lowest BCUT2D eigenvalue weighted by Crippen LogP contribution is -1.86. The molecule has 0 saturated carbocycles. The number of hydrogen-bond acceptors (Lipinski definition) is 2. The van der Waals surface area contributed by atoms with E-state index >= 15 is 0 Å². The number of aldehydes is 1. The van der Waals surface area contributed by atoms with Crippen LogP contribution in [0.2, 0.25) is 0 Å². The first-order valence-corrected chi connectivity index (χ1v) is 4.82. The van der Waals surface area contributed by atoms with Crippen LogP contribution in [0.5, 0.6) is 0 Å². The van der Waals surface area contributed by atoms with Gasteiger partial charge in [0.05, 0.1) is 0 Å². The minimum absolute atomic E-state index is 0.616. The van der Waals surface area contributed by atoms with E-state index in [1.54, 1.807) is 18.3 Å². The fraction of sp³-hybridized carbons (Fsp3) is 0.222. The molecule has 0 unspecified atom stereocenters. The number of rotatable bonds is 3. The predicted octanol–water partition coefficient (Wildman–Crippen LogP) is 3.00. The summed E-state index contributed by atoms with van der Waals surface area (Å²) in [5.41, 5.74) is 0.616. The van der Waals surface area contributed by atoms with Crippen LogP contribution in [0.3, 0.4) is 0 Å². The van der Waals surface area contributed by atoms with Gasteiger partial charge < -0.3 is 0 Å². The maximum absolute atomic E-state index is 10.3. The molecule has 0 aliphatic carbocycles. The summed E-state index contributed by atoms with van der Waals surface area (Å²) in [6, 6.07) is 3.98. The molecule has 0 aromatic carbocycles. The van der Waals surface area contributed by atoms with Crippen LogP contribution in [0.1, 0.15) is 11.8 Å². The minimum atomic E-state index is 0.616. The molecule has 1 rings (SSSR count). The lowest BCUT2D eigenvalue weighted by molar-refractivity contribution is -0.104. The largest absolute Gasteiger partial charge is 0.298 e. The molecular formula is C9H9ClOS. The quantitative estimate of drug-likeness (QED) is 0.542. The first-order chi connectivity index (χ1) is 5.74. The van der Waals surface area contributed by atoms with Crippen molar-refractivity contribution in [2.75, 3.05) is 0 Å². The van der Waals surface area contributed by atoms with Gasteiger partial charge in [0.25, 0.3) is 0 Å². The Bertz CT molecular complexity index is 287. The van der Waals surface area contributed by atoms with Crippen molar-refractivity contribution in [1.29, 1.82) is 0 Å². The van der Waals surface area contributed by atoms with Gasteiger partial charge in [0, 0.05) is 21.9 Å². The Hall–Kier alpha value is -0.600. The first kappa shape index (κ1) is 9.49. The molecule has 0 amide bonds. The van der Waals surface area contributed by atoms with Crippen molar-refractivity contribution in [3.8, 4) is 0 Å². The zero-order chi connectivity index (χ0) is 8.97. The minimum Gasteiger partial charge on any atom is -0.298 e. The summed E-state index contributed by atoms with van der Waals surface area (Å²) >= 11 is 7.52. The molecule has 0 N–H and O–H groups in total. The van der Waals surface area contributed by atoms with Gasteiger partial charge in [-0.25, -0.2) is 0 Å². The molecule has 3 heteroatoms. The average Bonchev–Trinajstić information content (AvgIpc) is 2.55. The van der Waals surface area contributed by atoms with Crippen LogP contribution in [0.25, 0.3) is 0 Å². The molecule has 0 spiro atoms. The van der Waals surface area contributed by atoms with Crippen LogP contribution in [0, 0.1) is 0 Å². The first-order valence-electron chi connectivity index (χ1n) is 3.57. The van der Waals surface area contributed by atoms with E-state index in [9.17, 15) is 4.79 Å². The van der Waals surface area contributed by atoms with E-state index in [0.29, 0.717) is 17.0 Å². The fourth-order valence-electron chi connectivity index (χ4n) is 0.769. The van der Waals surface area contributed by atoms with E-state index < -0.39 is 0 Å². The third kappa shape index (κ3) is 2.47. The van der Waals surface area contributed by atoms with E-state index in [-0.39, 0.29) is 0 Å². The Morgan fingerprint density at radius 2 is 2.50 bits per heavy atom. The Kier molecular flexibility index (Phi) is 3.50. The summed E-state index contributed by atoms with van der Waals surface area (Å²) in [5, 5.41) is 2.63. The van der Waals surface area contributed by atoms with E-state index in [0.717, 1.165) is 6.29 Å². The molecule has 12 heavy (non-hydrogen) atoms. The summed E-state index contributed by atoms with van der Waals surface area (Å²) in [6.45, 7) is 1.73. The summed E-state index contributed by atoms with van der Waals surface area (Å²) in [7, 11) is 0. The molecule has 0 atom stereocenters. The van der Waals surface area contributed by atoms with Gasteiger partial charge in [-0.05, 0) is 18.4 Å². The zero-order valence-corrected chi connectivity index (χ0v) is 8.28. The average molecular weight is 201 g/mol. The third-order valence-corrected chi connectivity index (χ3v) is 2.82. The van der Waals surface area contributed by atoms with Crippen molar-refractivity contribution in [1.82, 2.24) is 0 Å². The smallest absolute Gasteiger partial charge is 0.146 e. The van der Waals surface area contributed by atoms with Gasteiger partial charge in [-0.3, -0.25) is 4.79 Å². The Labute approximate surface area is 80.7 Å². The maximum Gasteiger partial charge on any atom is 0.146 e. The van der Waals surface area contributed by atoms with E-state index in [2.05, 4.69) is 0 Å². The van der Waals surface area contributed by atoms with Gasteiger partial charge in [-0.15, -0.1) is 11.3 Å². The highest BCUT2D eigenvalue weighted by atomic mass is 35.5. The summed E-state index contributed by atoms with van der Waals surface area (Å²) in [4.78, 5) is 11.5. The van der Waals surface area contributed by atoms with Crippen LogP contribution in [0.15, 0.2) is 28.1 Å². The normalized spacial score (nSPS) is 12.5. The monoisotopic (exact) mass is 200 g/mol. The number of carbonyl (C=O) groups is 1. The number of allylic oxidation sites excluding steroid dienone is 2. The lowest BCUT2D eigenvalue weighted by atomic mass is 10.2. The number of carbonyl (C=O) groups excluding carboxylic acids is 1. The molecule has 0 saturated heterocycles. The van der Waals surface area contributed by atoms with Crippen LogP contribution < -0.4 is 0 Å². The summed E-state index contributed by atoms with van der Waals surface area (Å²) < 4.78 is 0. The molecule has 1 heterocycles.